The van der Waals surface area contributed by atoms with Crippen LogP contribution in [0.15, 0.2) is 42.5 Å². The van der Waals surface area contributed by atoms with E-state index >= 15 is 0 Å². The highest BCUT2D eigenvalue weighted by Gasteiger charge is 2.28. The molecular weight excluding hydrogens is 388 g/mol. The summed E-state index contributed by atoms with van der Waals surface area (Å²) in [5, 5.41) is 3.15. The number of benzene rings is 2. The molecule has 0 bridgehead atoms. The highest BCUT2D eigenvalue weighted by Crippen LogP contribution is 2.20. The van der Waals surface area contributed by atoms with Gasteiger partial charge in [-0.15, -0.1) is 0 Å². The third-order valence-corrected chi connectivity index (χ3v) is 6.20. The molecule has 0 radical (unpaired) electrons. The number of ether oxygens (including phenoxy) is 1. The van der Waals surface area contributed by atoms with Crippen molar-refractivity contribution in [3.63, 3.8) is 0 Å². The summed E-state index contributed by atoms with van der Waals surface area (Å²) in [7, 11) is 1.63. The molecule has 5 heteroatoms. The second kappa shape index (κ2) is 10.5. The molecule has 5 nitrogen and oxygen atoms in total. The number of methoxy groups -OCH3 is 1. The quantitative estimate of drug-likeness (QED) is 0.689. The highest BCUT2D eigenvalue weighted by atomic mass is 16.5. The van der Waals surface area contributed by atoms with Crippen molar-refractivity contribution >= 4 is 11.8 Å². The van der Waals surface area contributed by atoms with Gasteiger partial charge in [-0.05, 0) is 62.4 Å². The van der Waals surface area contributed by atoms with Crippen molar-refractivity contribution in [1.29, 1.82) is 0 Å². The number of carbonyl (C=O) groups excluding carboxylic acids is 2. The maximum Gasteiger partial charge on any atom is 0.242 e. The number of aryl methyl sites for hydroxylation is 2. The first-order chi connectivity index (χ1) is 14.9. The fraction of sp³-hybridized carbons (Fsp3) is 0.462. The number of hydrogen-bond donors (Lipinski definition) is 1. The first-order valence-electron chi connectivity index (χ1n) is 11.2. The molecule has 31 heavy (non-hydrogen) atoms. The molecule has 1 N–H and O–H groups in total. The predicted molar refractivity (Wildman–Crippen MR) is 123 cm³/mol. The molecule has 0 saturated heterocycles. The van der Waals surface area contributed by atoms with Crippen LogP contribution in [0.5, 0.6) is 5.75 Å². The van der Waals surface area contributed by atoms with Crippen LogP contribution in [0.2, 0.25) is 0 Å². The summed E-state index contributed by atoms with van der Waals surface area (Å²) in [4.78, 5) is 28.1. The molecule has 1 saturated carbocycles. The summed E-state index contributed by atoms with van der Waals surface area (Å²) in [5.74, 6) is 0.609. The minimum absolute atomic E-state index is 0.0504. The topological polar surface area (TPSA) is 58.6 Å². The van der Waals surface area contributed by atoms with Gasteiger partial charge in [0.2, 0.25) is 11.8 Å². The van der Waals surface area contributed by atoms with Gasteiger partial charge in [-0.1, -0.05) is 48.7 Å². The Morgan fingerprint density at radius 2 is 1.87 bits per heavy atom. The Morgan fingerprint density at radius 3 is 2.58 bits per heavy atom. The van der Waals surface area contributed by atoms with Crippen molar-refractivity contribution in [2.75, 3.05) is 7.11 Å². The lowest BCUT2D eigenvalue weighted by atomic mass is 10.0. The van der Waals surface area contributed by atoms with E-state index in [-0.39, 0.29) is 24.3 Å². The van der Waals surface area contributed by atoms with Gasteiger partial charge in [0.15, 0.2) is 0 Å². The van der Waals surface area contributed by atoms with E-state index in [2.05, 4.69) is 17.4 Å². The average molecular weight is 423 g/mol. The molecule has 2 amide bonds. The molecule has 0 unspecified atom stereocenters. The molecule has 2 aromatic rings. The number of carbonyl (C=O) groups is 2. The Hall–Kier alpha value is -2.82. The van der Waals surface area contributed by atoms with Crippen LogP contribution in [0.3, 0.4) is 0 Å². The van der Waals surface area contributed by atoms with Gasteiger partial charge in [-0.3, -0.25) is 9.59 Å². The predicted octanol–water partition coefficient (Wildman–Crippen LogP) is 4.33. The van der Waals surface area contributed by atoms with Crippen LogP contribution in [0, 0.1) is 13.8 Å². The molecule has 1 aliphatic rings. The molecular formula is C26H34N2O3. The zero-order valence-electron chi connectivity index (χ0n) is 19.1. The van der Waals surface area contributed by atoms with E-state index in [0.717, 1.165) is 53.7 Å². The highest BCUT2D eigenvalue weighted by molar-refractivity contribution is 5.88. The van der Waals surface area contributed by atoms with Crippen LogP contribution in [0.25, 0.3) is 0 Å². The fourth-order valence-electron chi connectivity index (χ4n) is 4.20. The summed E-state index contributed by atoms with van der Waals surface area (Å²) in [6.07, 6.45) is 4.62. The lowest BCUT2D eigenvalue weighted by molar-refractivity contribution is -0.140. The van der Waals surface area contributed by atoms with Crippen LogP contribution in [0.4, 0.5) is 0 Å². The SMILES string of the molecule is COc1cccc(CN(C(=O)Cc2cc(C)ccc2C)[C@H](C)C(=O)NC2CCCC2)c1. The van der Waals surface area contributed by atoms with E-state index in [1.165, 1.54) is 0 Å². The van der Waals surface area contributed by atoms with Gasteiger partial charge in [0.25, 0.3) is 0 Å². The molecule has 1 fully saturated rings. The van der Waals surface area contributed by atoms with Crippen LogP contribution in [0.1, 0.15) is 54.9 Å². The number of amides is 2. The summed E-state index contributed by atoms with van der Waals surface area (Å²) in [6, 6.07) is 13.5. The maximum absolute atomic E-state index is 13.4. The lowest BCUT2D eigenvalue weighted by Crippen LogP contribution is -2.50. The van der Waals surface area contributed by atoms with Crippen LogP contribution in [-0.4, -0.2) is 35.9 Å². The smallest absolute Gasteiger partial charge is 0.242 e. The summed E-state index contributed by atoms with van der Waals surface area (Å²) >= 11 is 0. The second-order valence-electron chi connectivity index (χ2n) is 8.65. The van der Waals surface area contributed by atoms with Crippen molar-refractivity contribution in [2.45, 2.75) is 71.5 Å². The molecule has 2 aromatic carbocycles. The van der Waals surface area contributed by atoms with Gasteiger partial charge in [0.1, 0.15) is 11.8 Å². The number of nitrogens with zero attached hydrogens (tertiary/aromatic N) is 1. The van der Waals surface area contributed by atoms with E-state index < -0.39 is 6.04 Å². The number of nitrogens with one attached hydrogen (secondary N) is 1. The maximum atomic E-state index is 13.4. The van der Waals surface area contributed by atoms with Crippen LogP contribution < -0.4 is 10.1 Å². The molecule has 3 rings (SSSR count). The largest absolute Gasteiger partial charge is 0.497 e. The third kappa shape index (κ3) is 6.09. The Labute approximate surface area is 185 Å². The van der Waals surface area contributed by atoms with E-state index in [1.807, 2.05) is 51.1 Å². The van der Waals surface area contributed by atoms with E-state index in [0.29, 0.717) is 6.54 Å². The summed E-state index contributed by atoms with van der Waals surface area (Å²) < 4.78 is 5.34. The van der Waals surface area contributed by atoms with Crippen molar-refractivity contribution in [1.82, 2.24) is 10.2 Å². The molecule has 166 valence electrons. The van der Waals surface area contributed by atoms with Gasteiger partial charge in [-0.25, -0.2) is 0 Å². The Balaban J connectivity index is 1.81. The average Bonchev–Trinajstić information content (AvgIpc) is 3.27. The lowest BCUT2D eigenvalue weighted by Gasteiger charge is -2.30. The monoisotopic (exact) mass is 422 g/mol. The zero-order chi connectivity index (χ0) is 22.4. The van der Waals surface area contributed by atoms with Crippen LogP contribution >= 0.6 is 0 Å². The van der Waals surface area contributed by atoms with Gasteiger partial charge in [0, 0.05) is 12.6 Å². The molecule has 0 aliphatic heterocycles. The standard InChI is InChI=1S/C26H34N2O3/c1-18-12-13-19(2)22(14-18)16-25(29)28(17-21-8-7-11-24(15-21)31-4)20(3)26(30)27-23-9-5-6-10-23/h7-8,11-15,20,23H,5-6,9-10,16-17H2,1-4H3,(H,27,30)/t20-/m1/s1. The number of rotatable bonds is 8. The summed E-state index contributed by atoms with van der Waals surface area (Å²) in [6.45, 7) is 6.23. The van der Waals surface area contributed by atoms with Crippen molar-refractivity contribution < 1.29 is 14.3 Å². The summed E-state index contributed by atoms with van der Waals surface area (Å²) in [5.41, 5.74) is 4.15. The van der Waals surface area contributed by atoms with E-state index in [4.69, 9.17) is 4.74 Å². The Morgan fingerprint density at radius 1 is 1.13 bits per heavy atom. The molecule has 0 spiro atoms. The normalized spacial score (nSPS) is 14.8. The first kappa shape index (κ1) is 22.9. The minimum Gasteiger partial charge on any atom is -0.497 e. The molecule has 1 aliphatic carbocycles. The van der Waals surface area contributed by atoms with Crippen LogP contribution in [-0.2, 0) is 22.6 Å². The Kier molecular flexibility index (Phi) is 7.72. The van der Waals surface area contributed by atoms with Gasteiger partial charge in [-0.2, -0.15) is 0 Å². The fourth-order valence-corrected chi connectivity index (χ4v) is 4.20. The van der Waals surface area contributed by atoms with Crippen molar-refractivity contribution in [3.05, 3.63) is 64.7 Å². The number of hydrogen-bond acceptors (Lipinski definition) is 3. The van der Waals surface area contributed by atoms with Gasteiger partial charge >= 0.3 is 0 Å². The first-order valence-corrected chi connectivity index (χ1v) is 11.2. The molecule has 0 aromatic heterocycles. The molecule has 1 atom stereocenters. The van der Waals surface area contributed by atoms with Crippen molar-refractivity contribution in [3.8, 4) is 5.75 Å². The van der Waals surface area contributed by atoms with E-state index in [1.54, 1.807) is 12.0 Å². The van der Waals surface area contributed by atoms with E-state index in [9.17, 15) is 9.59 Å². The zero-order valence-corrected chi connectivity index (χ0v) is 19.1. The third-order valence-electron chi connectivity index (χ3n) is 6.20. The Bertz CT molecular complexity index is 919. The minimum atomic E-state index is -0.551. The molecule has 0 heterocycles. The second-order valence-corrected chi connectivity index (χ2v) is 8.65. The van der Waals surface area contributed by atoms with Crippen molar-refractivity contribution in [2.24, 2.45) is 0 Å². The van der Waals surface area contributed by atoms with Gasteiger partial charge in [0.05, 0.1) is 13.5 Å². The van der Waals surface area contributed by atoms with Gasteiger partial charge < -0.3 is 15.0 Å².